The molecule has 1 aliphatic heterocycles. The Hall–Kier alpha value is -2.16. The molecule has 114 valence electrons. The number of rotatable bonds is 2. The number of likely N-dealkylation sites (tertiary alicyclic amines) is 1. The predicted octanol–water partition coefficient (Wildman–Crippen LogP) is 3.58. The largest absolute Gasteiger partial charge is 0.336 e. The Morgan fingerprint density at radius 2 is 1.95 bits per heavy atom. The molecule has 0 bridgehead atoms. The molecule has 1 aromatic carbocycles. The van der Waals surface area contributed by atoms with Gasteiger partial charge in [0.05, 0.1) is 0 Å². The maximum absolute atomic E-state index is 12.7. The van der Waals surface area contributed by atoms with Crippen LogP contribution in [0.15, 0.2) is 48.7 Å². The Kier molecular flexibility index (Phi) is 3.97. The number of aromatic nitrogens is 1. The Morgan fingerprint density at radius 3 is 2.64 bits per heavy atom. The van der Waals surface area contributed by atoms with Crippen LogP contribution in [0.25, 0.3) is 0 Å². The summed E-state index contributed by atoms with van der Waals surface area (Å²) in [6.45, 7) is 5.81. The first-order valence-electron chi connectivity index (χ1n) is 7.86. The van der Waals surface area contributed by atoms with Crippen molar-refractivity contribution in [1.82, 2.24) is 9.88 Å². The van der Waals surface area contributed by atoms with Gasteiger partial charge in [-0.25, -0.2) is 0 Å². The van der Waals surface area contributed by atoms with E-state index in [9.17, 15) is 4.79 Å². The van der Waals surface area contributed by atoms with E-state index in [0.29, 0.717) is 5.69 Å². The molecule has 3 heteroatoms. The molecular weight excluding hydrogens is 272 g/mol. The van der Waals surface area contributed by atoms with E-state index in [2.05, 4.69) is 36.2 Å². The monoisotopic (exact) mass is 294 g/mol. The van der Waals surface area contributed by atoms with Crippen LogP contribution < -0.4 is 0 Å². The Balaban J connectivity index is 1.81. The summed E-state index contributed by atoms with van der Waals surface area (Å²) in [6, 6.07) is 14.3. The quantitative estimate of drug-likeness (QED) is 0.848. The van der Waals surface area contributed by atoms with Crippen LogP contribution in [-0.4, -0.2) is 28.9 Å². The topological polar surface area (TPSA) is 33.2 Å². The van der Waals surface area contributed by atoms with Gasteiger partial charge in [-0.1, -0.05) is 43.3 Å². The van der Waals surface area contributed by atoms with Crippen molar-refractivity contribution < 1.29 is 4.79 Å². The fourth-order valence-electron chi connectivity index (χ4n) is 3.25. The highest BCUT2D eigenvalue weighted by Gasteiger charge is 2.34. The molecule has 22 heavy (non-hydrogen) atoms. The highest BCUT2D eigenvalue weighted by atomic mass is 16.2. The van der Waals surface area contributed by atoms with Crippen molar-refractivity contribution in [3.63, 3.8) is 0 Å². The average Bonchev–Trinajstić information content (AvgIpc) is 2.56. The fraction of sp³-hybridized carbons (Fsp3) is 0.368. The first-order valence-corrected chi connectivity index (χ1v) is 7.86. The third-order valence-electron chi connectivity index (χ3n) is 4.58. The number of hydrogen-bond acceptors (Lipinski definition) is 2. The predicted molar refractivity (Wildman–Crippen MR) is 87.9 cm³/mol. The summed E-state index contributed by atoms with van der Waals surface area (Å²) in [7, 11) is 0. The highest BCUT2D eigenvalue weighted by molar-refractivity contribution is 5.92. The summed E-state index contributed by atoms with van der Waals surface area (Å²) >= 11 is 0. The highest BCUT2D eigenvalue weighted by Crippen LogP contribution is 2.33. The number of benzene rings is 1. The molecular formula is C19H22N2O. The van der Waals surface area contributed by atoms with Crippen LogP contribution >= 0.6 is 0 Å². The van der Waals surface area contributed by atoms with Crippen LogP contribution in [0.3, 0.4) is 0 Å². The standard InChI is InChI=1S/C19H22N2O/c1-15-9-10-17(20-13-15)18(22)21-12-6-11-19(2,14-21)16-7-4-3-5-8-16/h3-5,7-10,13H,6,11-12,14H2,1-2H3/t19-/m1/s1. The summed E-state index contributed by atoms with van der Waals surface area (Å²) in [5, 5.41) is 0. The van der Waals surface area contributed by atoms with Gasteiger partial charge in [0.1, 0.15) is 5.69 Å². The van der Waals surface area contributed by atoms with Gasteiger partial charge in [0, 0.05) is 24.7 Å². The van der Waals surface area contributed by atoms with Crippen LogP contribution in [0, 0.1) is 6.92 Å². The molecule has 1 aliphatic rings. The first kappa shape index (κ1) is 14.8. The van der Waals surface area contributed by atoms with Crippen molar-refractivity contribution in [2.24, 2.45) is 0 Å². The smallest absolute Gasteiger partial charge is 0.272 e. The number of carbonyl (C=O) groups excluding carboxylic acids is 1. The fourth-order valence-corrected chi connectivity index (χ4v) is 3.25. The molecule has 2 heterocycles. The van der Waals surface area contributed by atoms with Gasteiger partial charge in [-0.15, -0.1) is 0 Å². The minimum absolute atomic E-state index is 0.0276. The molecule has 3 nitrogen and oxygen atoms in total. The lowest BCUT2D eigenvalue weighted by Crippen LogP contribution is -2.47. The van der Waals surface area contributed by atoms with E-state index in [1.165, 1.54) is 5.56 Å². The maximum Gasteiger partial charge on any atom is 0.272 e. The second-order valence-electron chi connectivity index (χ2n) is 6.48. The lowest BCUT2D eigenvalue weighted by Gasteiger charge is -2.40. The zero-order chi connectivity index (χ0) is 15.6. The van der Waals surface area contributed by atoms with Crippen LogP contribution in [0.2, 0.25) is 0 Å². The lowest BCUT2D eigenvalue weighted by atomic mass is 9.76. The van der Waals surface area contributed by atoms with Gasteiger partial charge in [0.25, 0.3) is 5.91 Å². The molecule has 1 fully saturated rings. The molecule has 1 amide bonds. The summed E-state index contributed by atoms with van der Waals surface area (Å²) in [4.78, 5) is 18.9. The normalized spacial score (nSPS) is 21.6. The van der Waals surface area contributed by atoms with Gasteiger partial charge in [0.15, 0.2) is 0 Å². The zero-order valence-corrected chi connectivity index (χ0v) is 13.2. The molecule has 0 unspecified atom stereocenters. The zero-order valence-electron chi connectivity index (χ0n) is 13.2. The summed E-state index contributed by atoms with van der Waals surface area (Å²) < 4.78 is 0. The second-order valence-corrected chi connectivity index (χ2v) is 6.48. The van der Waals surface area contributed by atoms with Crippen molar-refractivity contribution in [1.29, 1.82) is 0 Å². The molecule has 3 rings (SSSR count). The minimum atomic E-state index is 0.0276. The van der Waals surface area contributed by atoms with Crippen molar-refractivity contribution in [2.45, 2.75) is 32.1 Å². The first-order chi connectivity index (χ1) is 10.6. The van der Waals surface area contributed by atoms with Crippen LogP contribution in [0.4, 0.5) is 0 Å². The Labute approximate surface area is 132 Å². The van der Waals surface area contributed by atoms with Gasteiger partial charge >= 0.3 is 0 Å². The summed E-state index contributed by atoms with van der Waals surface area (Å²) in [6.07, 6.45) is 3.90. The molecule has 2 aromatic rings. The van der Waals surface area contributed by atoms with E-state index in [4.69, 9.17) is 0 Å². The van der Waals surface area contributed by atoms with Gasteiger partial charge in [-0.2, -0.15) is 0 Å². The minimum Gasteiger partial charge on any atom is -0.336 e. The number of pyridine rings is 1. The van der Waals surface area contributed by atoms with Crippen LogP contribution in [0.5, 0.6) is 0 Å². The van der Waals surface area contributed by atoms with Crippen molar-refractivity contribution in [2.75, 3.05) is 13.1 Å². The van der Waals surface area contributed by atoms with Crippen LogP contribution in [0.1, 0.15) is 41.4 Å². The number of piperidine rings is 1. The van der Waals surface area contributed by atoms with E-state index in [0.717, 1.165) is 31.5 Å². The maximum atomic E-state index is 12.7. The van der Waals surface area contributed by atoms with Crippen molar-refractivity contribution >= 4 is 5.91 Å². The van der Waals surface area contributed by atoms with Crippen molar-refractivity contribution in [3.05, 3.63) is 65.5 Å². The third-order valence-corrected chi connectivity index (χ3v) is 4.58. The molecule has 1 saturated heterocycles. The van der Waals surface area contributed by atoms with E-state index in [1.807, 2.05) is 30.0 Å². The number of carbonyl (C=O) groups is 1. The van der Waals surface area contributed by atoms with E-state index < -0.39 is 0 Å². The Morgan fingerprint density at radius 1 is 1.18 bits per heavy atom. The van der Waals surface area contributed by atoms with Crippen LogP contribution in [-0.2, 0) is 5.41 Å². The molecule has 1 aromatic heterocycles. The third kappa shape index (κ3) is 2.89. The molecule has 1 atom stereocenters. The van der Waals surface area contributed by atoms with E-state index in [1.54, 1.807) is 6.20 Å². The lowest BCUT2D eigenvalue weighted by molar-refractivity contribution is 0.0645. The average molecular weight is 294 g/mol. The molecule has 0 N–H and O–H groups in total. The van der Waals surface area contributed by atoms with Gasteiger partial charge < -0.3 is 4.90 Å². The van der Waals surface area contributed by atoms with Gasteiger partial charge in [-0.05, 0) is 37.0 Å². The van der Waals surface area contributed by atoms with Crippen molar-refractivity contribution in [3.8, 4) is 0 Å². The van der Waals surface area contributed by atoms with Gasteiger partial charge in [0.2, 0.25) is 0 Å². The van der Waals surface area contributed by atoms with E-state index >= 15 is 0 Å². The number of nitrogens with zero attached hydrogens (tertiary/aromatic N) is 2. The number of amides is 1. The molecule has 0 spiro atoms. The second kappa shape index (κ2) is 5.91. The summed E-state index contributed by atoms with van der Waals surface area (Å²) in [5.41, 5.74) is 2.96. The number of hydrogen-bond donors (Lipinski definition) is 0. The Bertz CT molecular complexity index is 651. The molecule has 0 radical (unpaired) electrons. The summed E-state index contributed by atoms with van der Waals surface area (Å²) in [5.74, 6) is 0.0434. The molecule has 0 saturated carbocycles. The SMILES string of the molecule is Cc1ccc(C(=O)N2CCC[C@@](C)(c3ccccc3)C2)nc1. The van der Waals surface area contributed by atoms with E-state index in [-0.39, 0.29) is 11.3 Å². The van der Waals surface area contributed by atoms with Gasteiger partial charge in [-0.3, -0.25) is 9.78 Å². The molecule has 0 aliphatic carbocycles. The number of aryl methyl sites for hydroxylation is 1.